The quantitative estimate of drug-likeness (QED) is 0.108. The Morgan fingerprint density at radius 3 is 1.37 bits per heavy atom. The van der Waals surface area contributed by atoms with Crippen molar-refractivity contribution in [1.82, 2.24) is 15.1 Å². The number of urea groups is 2. The van der Waals surface area contributed by atoms with Gasteiger partial charge in [0.2, 0.25) is 0 Å². The molecule has 0 aromatic heterocycles. The summed E-state index contributed by atoms with van der Waals surface area (Å²) < 4.78 is 81.3. The summed E-state index contributed by atoms with van der Waals surface area (Å²) in [5.41, 5.74) is 6.31. The zero-order valence-corrected chi connectivity index (χ0v) is 35.3. The zero-order valence-electron chi connectivity index (χ0n) is 33.8. The molecule has 11 nitrogen and oxygen atoms in total. The van der Waals surface area contributed by atoms with Crippen LogP contribution in [-0.2, 0) is 17.9 Å². The van der Waals surface area contributed by atoms with Crippen molar-refractivity contribution in [3.05, 3.63) is 128 Å². The summed E-state index contributed by atoms with van der Waals surface area (Å²) in [6.45, 7) is 1.05. The Kier molecular flexibility index (Phi) is 17.4. The molecule has 2 fully saturated rings. The maximum absolute atomic E-state index is 14.9. The number of hydrogen-bond acceptors (Lipinski definition) is 6. The summed E-state index contributed by atoms with van der Waals surface area (Å²) in [5, 5.41) is 1.45. The second-order valence-electron chi connectivity index (χ2n) is 14.7. The molecule has 2 aliphatic heterocycles. The van der Waals surface area contributed by atoms with E-state index >= 15 is 0 Å². The zero-order chi connectivity index (χ0) is 45.8. The molecular weight excluding hydrogens is 877 g/mol. The number of piperidine rings is 2. The molecule has 0 saturated carbocycles. The number of anilines is 2. The van der Waals surface area contributed by atoms with Crippen LogP contribution in [-0.4, -0.2) is 85.0 Å². The minimum atomic E-state index is -3.27. The van der Waals surface area contributed by atoms with Gasteiger partial charge in [0, 0.05) is 59.8 Å². The average molecular weight is 922 g/mol. The Bertz CT molecular complexity index is 2310. The van der Waals surface area contributed by atoms with E-state index in [2.05, 4.69) is 0 Å². The number of halogens is 8. The number of rotatable bonds is 12. The third-order valence-corrected chi connectivity index (χ3v) is 10.9. The fourth-order valence-corrected chi connectivity index (χ4v) is 7.21. The summed E-state index contributed by atoms with van der Waals surface area (Å²) in [5.74, 6) is -5.42. The van der Waals surface area contributed by atoms with E-state index in [0.717, 1.165) is 56.7 Å². The molecule has 2 aliphatic rings. The molecule has 0 radical (unpaired) electrons. The van der Waals surface area contributed by atoms with Crippen molar-refractivity contribution in [2.75, 3.05) is 49.1 Å². The molecular formula is C44H44Cl2F6N6O5. The van der Waals surface area contributed by atoms with Gasteiger partial charge in [0.15, 0.2) is 11.6 Å². The molecule has 0 aliphatic carbocycles. The molecule has 0 atom stereocenters. The van der Waals surface area contributed by atoms with Crippen LogP contribution in [0.2, 0.25) is 10.0 Å². The van der Waals surface area contributed by atoms with Gasteiger partial charge in [-0.2, -0.15) is 8.78 Å². The van der Waals surface area contributed by atoms with Gasteiger partial charge >= 0.3 is 18.5 Å². The molecule has 2 heterocycles. The second kappa shape index (κ2) is 22.6. The van der Waals surface area contributed by atoms with Crippen LogP contribution in [0.25, 0.3) is 0 Å². The third kappa shape index (κ3) is 13.0. The van der Waals surface area contributed by atoms with Crippen molar-refractivity contribution in [3.63, 3.8) is 0 Å². The fourth-order valence-electron chi connectivity index (χ4n) is 6.86. The lowest BCUT2D eigenvalue weighted by atomic mass is 10.1. The Hall–Kier alpha value is -5.65. The number of nitrogens with zero attached hydrogens (tertiary/aromatic N) is 4. The topological polar surface area (TPSA) is 136 Å². The van der Waals surface area contributed by atoms with Crippen molar-refractivity contribution in [1.29, 1.82) is 0 Å². The number of nitrogens with one attached hydrogen (secondary N) is 1. The van der Waals surface area contributed by atoms with Crippen molar-refractivity contribution >= 4 is 64.1 Å². The maximum Gasteiger partial charge on any atom is 0.324 e. The molecule has 0 bridgehead atoms. The number of carbonyl (C=O) groups is 5. The Balaban J connectivity index is 0.000000240. The van der Waals surface area contributed by atoms with Crippen LogP contribution in [0, 0.1) is 23.3 Å². The largest absolute Gasteiger partial charge is 0.344 e. The molecule has 19 heteroatoms. The highest BCUT2D eigenvalue weighted by Crippen LogP contribution is 2.29. The number of benzene rings is 4. The monoisotopic (exact) mass is 920 g/mol. The molecule has 4 aromatic carbocycles. The van der Waals surface area contributed by atoms with Crippen LogP contribution in [0.5, 0.6) is 0 Å². The predicted octanol–water partition coefficient (Wildman–Crippen LogP) is 9.17. The van der Waals surface area contributed by atoms with Crippen molar-refractivity contribution in [2.45, 2.75) is 58.0 Å². The van der Waals surface area contributed by atoms with Gasteiger partial charge in [-0.15, -0.1) is 0 Å². The third-order valence-electron chi connectivity index (χ3n) is 10.4. The number of nitrogens with two attached hydrogens (primary N) is 1. The van der Waals surface area contributed by atoms with E-state index in [0.29, 0.717) is 31.9 Å². The van der Waals surface area contributed by atoms with Gasteiger partial charge in [-0.1, -0.05) is 47.5 Å². The van der Waals surface area contributed by atoms with E-state index < -0.39 is 54.0 Å². The average Bonchev–Trinajstić information content (AvgIpc) is 3.29. The first-order valence-corrected chi connectivity index (χ1v) is 20.8. The Morgan fingerprint density at radius 2 is 1.00 bits per heavy atom. The predicted molar refractivity (Wildman–Crippen MR) is 226 cm³/mol. The highest BCUT2D eigenvalue weighted by atomic mass is 35.5. The Labute approximate surface area is 369 Å². The number of ketones is 2. The summed E-state index contributed by atoms with van der Waals surface area (Å²) in [4.78, 5) is 67.1. The van der Waals surface area contributed by atoms with E-state index in [4.69, 9.17) is 28.9 Å². The number of amides is 5. The van der Waals surface area contributed by atoms with Crippen LogP contribution in [0.4, 0.5) is 47.3 Å². The molecule has 63 heavy (non-hydrogen) atoms. The van der Waals surface area contributed by atoms with Crippen LogP contribution < -0.4 is 20.9 Å². The van der Waals surface area contributed by atoms with Gasteiger partial charge < -0.3 is 20.9 Å². The summed E-state index contributed by atoms with van der Waals surface area (Å²) in [6, 6.07) is 14.6. The SMILES string of the molecule is NCC(=O)c1ccc(CN(C(=O)N2CCCCC2)c2ccc(F)c(Cl)c2)c(F)c1.O=C(CNC(=O)C(F)F)c1ccc(CN(C(=O)N2CCCCC2)c2ccc(F)c(Cl)c2)c(F)c1. The first kappa shape index (κ1) is 48.4. The lowest BCUT2D eigenvalue weighted by molar-refractivity contribution is -0.131. The van der Waals surface area contributed by atoms with Crippen molar-refractivity contribution < 1.29 is 50.3 Å². The molecule has 6 rings (SSSR count). The van der Waals surface area contributed by atoms with Gasteiger partial charge in [-0.05, 0) is 87.1 Å². The summed E-state index contributed by atoms with van der Waals surface area (Å²) >= 11 is 11.8. The number of Topliss-reactive ketones (excluding diaryl/α,β-unsaturated/α-hetero) is 2. The van der Waals surface area contributed by atoms with E-state index in [-0.39, 0.29) is 69.4 Å². The normalized spacial score (nSPS) is 13.8. The number of hydrogen-bond donors (Lipinski definition) is 2. The summed E-state index contributed by atoms with van der Waals surface area (Å²) in [7, 11) is 0. The second-order valence-corrected chi connectivity index (χ2v) is 15.5. The first-order valence-electron chi connectivity index (χ1n) is 20.0. The fraction of sp³-hybridized carbons (Fsp3) is 0.341. The van der Waals surface area contributed by atoms with E-state index in [9.17, 15) is 50.3 Å². The standard InChI is InChI=1S/C23H22ClF4N3O3.C21H22ClF2N3O2/c24-17-11-16(6-7-18(17)25)31(23(34)30-8-2-1-3-9-30)13-15-5-4-14(10-19(15)26)20(32)12-29-22(33)21(27)28;22-17-11-16(6-7-18(17)23)27(21(29)26-8-2-1-3-9-26)13-15-5-4-14(10-19(15)24)20(28)12-25/h4-7,10-11,21H,1-3,8-9,12-13H2,(H,29,33);4-7,10-11H,1-3,8-9,12-13,25H2. The van der Waals surface area contributed by atoms with Gasteiger partial charge in [0.1, 0.15) is 23.3 Å². The Morgan fingerprint density at radius 1 is 0.587 bits per heavy atom. The number of likely N-dealkylation sites (tertiary alicyclic amines) is 2. The molecule has 0 spiro atoms. The highest BCUT2D eigenvalue weighted by Gasteiger charge is 2.28. The van der Waals surface area contributed by atoms with Gasteiger partial charge in [-0.3, -0.25) is 24.2 Å². The van der Waals surface area contributed by atoms with Gasteiger partial charge in [0.25, 0.3) is 5.91 Å². The van der Waals surface area contributed by atoms with Crippen LogP contribution in [0.15, 0.2) is 72.8 Å². The van der Waals surface area contributed by atoms with E-state index in [1.807, 2.05) is 0 Å². The van der Waals surface area contributed by atoms with E-state index in [1.165, 1.54) is 64.4 Å². The van der Waals surface area contributed by atoms with E-state index in [1.54, 1.807) is 15.1 Å². The minimum Gasteiger partial charge on any atom is -0.344 e. The number of alkyl halides is 2. The maximum atomic E-state index is 14.9. The van der Waals surface area contributed by atoms with Crippen LogP contribution in [0.3, 0.4) is 0 Å². The smallest absolute Gasteiger partial charge is 0.324 e. The highest BCUT2D eigenvalue weighted by molar-refractivity contribution is 6.31. The lowest BCUT2D eigenvalue weighted by Gasteiger charge is -2.33. The van der Waals surface area contributed by atoms with Crippen molar-refractivity contribution in [2.24, 2.45) is 5.73 Å². The molecule has 3 N–H and O–H groups in total. The van der Waals surface area contributed by atoms with Crippen LogP contribution in [0.1, 0.15) is 70.4 Å². The van der Waals surface area contributed by atoms with Crippen molar-refractivity contribution in [3.8, 4) is 0 Å². The minimum absolute atomic E-state index is 0.0685. The van der Waals surface area contributed by atoms with Gasteiger partial charge in [0.05, 0.1) is 36.2 Å². The first-order chi connectivity index (χ1) is 30.1. The molecule has 0 unspecified atom stereocenters. The number of carbonyl (C=O) groups excluding carboxylic acids is 5. The lowest BCUT2D eigenvalue weighted by Crippen LogP contribution is -2.45. The molecule has 2 saturated heterocycles. The summed E-state index contributed by atoms with van der Waals surface area (Å²) in [6.07, 6.45) is 2.23. The molecule has 5 amide bonds. The molecule has 4 aromatic rings. The van der Waals surface area contributed by atoms with Crippen LogP contribution >= 0.6 is 23.2 Å². The van der Waals surface area contributed by atoms with Gasteiger partial charge in [-0.25, -0.2) is 27.2 Å². The molecule has 336 valence electrons.